The number of alkyl halides is 4. The molecule has 59 heavy (non-hydrogen) atoms. The van der Waals surface area contributed by atoms with Crippen molar-refractivity contribution in [3.05, 3.63) is 72.6 Å². The van der Waals surface area contributed by atoms with E-state index in [1.165, 1.54) is 12.4 Å². The third-order valence-electron chi connectivity index (χ3n) is 10.6. The van der Waals surface area contributed by atoms with E-state index in [1.807, 2.05) is 48.5 Å². The monoisotopic (exact) mass is 822 g/mol. The maximum absolute atomic E-state index is 14.8. The number of hydrogen-bond acceptors (Lipinski definition) is 8. The molecule has 6 rings (SSSR count). The Morgan fingerprint density at radius 2 is 1.17 bits per heavy atom. The number of aromatic amines is 2. The van der Waals surface area contributed by atoms with Crippen LogP contribution < -0.4 is 5.32 Å². The van der Waals surface area contributed by atoms with E-state index in [0.29, 0.717) is 11.4 Å². The van der Waals surface area contributed by atoms with Gasteiger partial charge in [0.25, 0.3) is 11.8 Å². The Bertz CT molecular complexity index is 2190. The quantitative estimate of drug-likeness (QED) is 0.103. The van der Waals surface area contributed by atoms with Gasteiger partial charge in [0, 0.05) is 19.1 Å². The second kappa shape index (κ2) is 17.0. The first kappa shape index (κ1) is 42.5. The van der Waals surface area contributed by atoms with Gasteiger partial charge >= 0.3 is 12.2 Å². The van der Waals surface area contributed by atoms with Gasteiger partial charge < -0.3 is 34.6 Å². The van der Waals surface area contributed by atoms with Crippen molar-refractivity contribution < 1.29 is 46.2 Å². The standard InChI is InChI=1S/C41H46F4N8O6/c1-22(2)28(17-48-38(56)58-5)36(54)52-20-40(42,43)15-31(52)34-46-18-29(49-34)26-11-7-24(8-12-26)25-9-13-27(14-10-25)30-19-47-35(50-30)32-16-41(44,45)21-53(32)37(55)33(23(3)4)51-39(57)59-6/h7-14,17-19,22-23,28,31-33H,15-16,20-21H2,1-6H3,(H,46,49)(H,47,50)(H,51,57)/b48-17+/t28?,31-,32-,33-/m0/s1. The number of H-pyrrole nitrogens is 2. The molecule has 4 heterocycles. The number of amides is 4. The second-order valence-corrected chi connectivity index (χ2v) is 15.5. The molecule has 0 bridgehead atoms. The third kappa shape index (κ3) is 9.47. The first-order valence-corrected chi connectivity index (χ1v) is 19.0. The molecule has 18 heteroatoms. The van der Waals surface area contributed by atoms with Crippen LogP contribution >= 0.6 is 0 Å². The number of rotatable bonds is 11. The van der Waals surface area contributed by atoms with E-state index in [0.717, 1.165) is 52.5 Å². The molecule has 314 valence electrons. The van der Waals surface area contributed by atoms with Crippen LogP contribution in [0.5, 0.6) is 0 Å². The molecule has 0 aliphatic carbocycles. The minimum Gasteiger partial charge on any atom is -0.453 e. The molecule has 3 N–H and O–H groups in total. The third-order valence-corrected chi connectivity index (χ3v) is 10.6. The summed E-state index contributed by atoms with van der Waals surface area (Å²) in [7, 11) is 2.30. The molecule has 2 saturated heterocycles. The number of aliphatic imine (C=N–C) groups is 1. The van der Waals surface area contributed by atoms with Crippen molar-refractivity contribution in [3.63, 3.8) is 0 Å². The summed E-state index contributed by atoms with van der Waals surface area (Å²) in [6, 6.07) is 11.8. The number of imidazole rings is 2. The Balaban J connectivity index is 1.15. The zero-order valence-electron chi connectivity index (χ0n) is 33.3. The number of carbonyl (C=O) groups excluding carboxylic acids is 4. The van der Waals surface area contributed by atoms with Gasteiger partial charge in [-0.05, 0) is 34.1 Å². The lowest BCUT2D eigenvalue weighted by atomic mass is 9.95. The number of benzene rings is 2. The van der Waals surface area contributed by atoms with Crippen molar-refractivity contribution in [2.75, 3.05) is 27.3 Å². The summed E-state index contributed by atoms with van der Waals surface area (Å²) in [5.41, 5.74) is 4.31. The molecule has 0 saturated carbocycles. The summed E-state index contributed by atoms with van der Waals surface area (Å²) in [5.74, 6) is -8.83. The van der Waals surface area contributed by atoms with Gasteiger partial charge in [-0.2, -0.15) is 4.99 Å². The number of alkyl carbamates (subject to hydrolysis) is 1. The van der Waals surface area contributed by atoms with Crippen LogP contribution in [-0.4, -0.2) is 105 Å². The molecule has 4 amide bonds. The van der Waals surface area contributed by atoms with Crippen LogP contribution in [0.2, 0.25) is 0 Å². The molecule has 0 radical (unpaired) electrons. The fraction of sp³-hybridized carbons (Fsp3) is 0.439. The molecule has 2 aromatic carbocycles. The number of methoxy groups -OCH3 is 2. The van der Waals surface area contributed by atoms with E-state index < -0.39 is 91.7 Å². The van der Waals surface area contributed by atoms with Gasteiger partial charge in [-0.15, -0.1) is 0 Å². The molecule has 2 aromatic heterocycles. The Morgan fingerprint density at radius 3 is 1.58 bits per heavy atom. The number of aromatic nitrogens is 4. The molecule has 14 nitrogen and oxygen atoms in total. The lowest BCUT2D eigenvalue weighted by molar-refractivity contribution is -0.137. The summed E-state index contributed by atoms with van der Waals surface area (Å²) >= 11 is 0. The van der Waals surface area contributed by atoms with Crippen molar-refractivity contribution in [2.24, 2.45) is 22.7 Å². The fourth-order valence-electron chi connectivity index (χ4n) is 7.36. The van der Waals surface area contributed by atoms with Crippen LogP contribution in [0.25, 0.3) is 33.6 Å². The SMILES string of the molecule is COC(=O)/N=C/C(C(=O)N1CC(F)(F)C[C@H]1c1ncc(-c2ccc(-c3ccc(-c4cnc([C@@H]5CC(F)(F)CN5C(=O)[C@@H](NC(=O)OC)C(C)C)[nH]4)cc3)cc2)[nH]1)C(C)C. The van der Waals surface area contributed by atoms with Gasteiger partial charge in [0.1, 0.15) is 17.7 Å². The summed E-state index contributed by atoms with van der Waals surface area (Å²) in [4.78, 5) is 71.3. The smallest absolute Gasteiger partial charge is 0.432 e. The fourth-order valence-corrected chi connectivity index (χ4v) is 7.36. The Labute approximate surface area is 337 Å². The molecular weight excluding hydrogens is 776 g/mol. The van der Waals surface area contributed by atoms with E-state index in [2.05, 4.69) is 39.7 Å². The lowest BCUT2D eigenvalue weighted by Gasteiger charge is -2.29. The summed E-state index contributed by atoms with van der Waals surface area (Å²) in [5, 5.41) is 2.45. The van der Waals surface area contributed by atoms with E-state index in [-0.39, 0.29) is 17.6 Å². The van der Waals surface area contributed by atoms with Crippen LogP contribution in [0.4, 0.5) is 27.2 Å². The number of nitrogens with zero attached hydrogens (tertiary/aromatic N) is 5. The lowest BCUT2D eigenvalue weighted by Crippen LogP contribution is -2.51. The highest BCUT2D eigenvalue weighted by Crippen LogP contribution is 2.43. The predicted octanol–water partition coefficient (Wildman–Crippen LogP) is 7.44. The summed E-state index contributed by atoms with van der Waals surface area (Å²) in [6.45, 7) is 5.24. The Morgan fingerprint density at radius 1 is 0.729 bits per heavy atom. The van der Waals surface area contributed by atoms with Gasteiger partial charge in [0.15, 0.2) is 0 Å². The maximum Gasteiger partial charge on any atom is 0.432 e. The van der Waals surface area contributed by atoms with Crippen LogP contribution in [0, 0.1) is 17.8 Å². The van der Waals surface area contributed by atoms with Crippen molar-refractivity contribution in [1.29, 1.82) is 0 Å². The van der Waals surface area contributed by atoms with E-state index in [1.54, 1.807) is 27.7 Å². The average molecular weight is 823 g/mol. The highest BCUT2D eigenvalue weighted by molar-refractivity contribution is 5.97. The average Bonchev–Trinajstić information content (AvgIpc) is 4.01. The number of nitrogens with one attached hydrogen (secondary N) is 3. The number of halogens is 4. The van der Waals surface area contributed by atoms with Gasteiger partial charge in [0.2, 0.25) is 11.8 Å². The van der Waals surface area contributed by atoms with Crippen molar-refractivity contribution >= 4 is 30.2 Å². The van der Waals surface area contributed by atoms with Gasteiger partial charge in [-0.1, -0.05) is 76.2 Å². The highest BCUT2D eigenvalue weighted by atomic mass is 19.3. The maximum atomic E-state index is 14.8. The van der Waals surface area contributed by atoms with Crippen LogP contribution in [0.3, 0.4) is 0 Å². The number of likely N-dealkylation sites (tertiary alicyclic amines) is 2. The minimum atomic E-state index is -3.16. The molecular formula is C41H46F4N8O6. The zero-order valence-corrected chi connectivity index (χ0v) is 33.3. The van der Waals surface area contributed by atoms with Crippen LogP contribution in [0.15, 0.2) is 65.9 Å². The normalized spacial score (nSPS) is 19.7. The van der Waals surface area contributed by atoms with Crippen molar-refractivity contribution in [2.45, 2.75) is 70.5 Å². The Hall–Kier alpha value is -6.07. The zero-order chi connectivity index (χ0) is 42.8. The molecule has 4 atom stereocenters. The van der Waals surface area contributed by atoms with E-state index >= 15 is 0 Å². The van der Waals surface area contributed by atoms with E-state index in [9.17, 15) is 36.7 Å². The van der Waals surface area contributed by atoms with E-state index in [4.69, 9.17) is 0 Å². The molecule has 0 spiro atoms. The number of ether oxygens (including phenoxy) is 2. The van der Waals surface area contributed by atoms with Crippen LogP contribution in [0.1, 0.15) is 64.3 Å². The number of hydrogen-bond donors (Lipinski definition) is 3. The summed E-state index contributed by atoms with van der Waals surface area (Å²) < 4.78 is 68.3. The van der Waals surface area contributed by atoms with Gasteiger partial charge in [-0.3, -0.25) is 9.59 Å². The van der Waals surface area contributed by atoms with Crippen LogP contribution in [-0.2, 0) is 19.1 Å². The summed E-state index contributed by atoms with van der Waals surface area (Å²) in [6.07, 6.45) is 1.20. The van der Waals surface area contributed by atoms with Crippen molar-refractivity contribution in [1.82, 2.24) is 35.1 Å². The minimum absolute atomic E-state index is 0.193. The number of carbonyl (C=O) groups is 4. The largest absolute Gasteiger partial charge is 0.453 e. The molecule has 1 unspecified atom stereocenters. The Kier molecular flexibility index (Phi) is 12.3. The highest BCUT2D eigenvalue weighted by Gasteiger charge is 2.51. The first-order chi connectivity index (χ1) is 27.9. The molecule has 4 aromatic rings. The molecule has 2 fully saturated rings. The topological polar surface area (TPSA) is 175 Å². The van der Waals surface area contributed by atoms with Crippen molar-refractivity contribution in [3.8, 4) is 33.6 Å². The molecule has 2 aliphatic rings. The molecule has 2 aliphatic heterocycles. The predicted molar refractivity (Wildman–Crippen MR) is 208 cm³/mol. The van der Waals surface area contributed by atoms with Gasteiger partial charge in [0.05, 0.1) is 69.1 Å². The second-order valence-electron chi connectivity index (χ2n) is 15.5. The van der Waals surface area contributed by atoms with Gasteiger partial charge in [-0.25, -0.2) is 37.1 Å². The first-order valence-electron chi connectivity index (χ1n) is 19.0.